The van der Waals surface area contributed by atoms with Crippen molar-refractivity contribution in [3.63, 3.8) is 0 Å². The molecule has 2 atom stereocenters. The van der Waals surface area contributed by atoms with Crippen LogP contribution in [0.3, 0.4) is 0 Å². The summed E-state index contributed by atoms with van der Waals surface area (Å²) in [6.07, 6.45) is 4.48. The summed E-state index contributed by atoms with van der Waals surface area (Å²) in [5.41, 5.74) is 6.11. The van der Waals surface area contributed by atoms with Crippen LogP contribution in [0.15, 0.2) is 29.1 Å². The first-order valence-electron chi connectivity index (χ1n) is 7.15. The molecule has 1 aliphatic rings. The van der Waals surface area contributed by atoms with E-state index in [4.69, 9.17) is 5.73 Å². The van der Waals surface area contributed by atoms with E-state index in [2.05, 4.69) is 10.4 Å². The van der Waals surface area contributed by atoms with Crippen molar-refractivity contribution in [2.75, 3.05) is 5.32 Å². The molecule has 1 heterocycles. The lowest BCUT2D eigenvalue weighted by Crippen LogP contribution is -2.43. The Hall–Kier alpha value is -1.88. The number of hydrogen-bond donors (Lipinski definition) is 2. The molecular weight excluding hydrogens is 252 g/mol. The van der Waals surface area contributed by atoms with Crippen molar-refractivity contribution in [1.29, 1.82) is 0 Å². The van der Waals surface area contributed by atoms with Gasteiger partial charge < -0.3 is 11.1 Å². The number of nitrogens with one attached hydrogen (secondary N) is 1. The summed E-state index contributed by atoms with van der Waals surface area (Å²) in [6, 6.07) is 7.96. The van der Waals surface area contributed by atoms with Crippen molar-refractivity contribution < 1.29 is 0 Å². The summed E-state index contributed by atoms with van der Waals surface area (Å²) in [6.45, 7) is 0. The third kappa shape index (κ3) is 2.29. The quantitative estimate of drug-likeness (QED) is 0.871. The number of fused-ring (bicyclic) bond motifs is 1. The predicted molar refractivity (Wildman–Crippen MR) is 80.8 cm³/mol. The zero-order chi connectivity index (χ0) is 14.1. The van der Waals surface area contributed by atoms with Gasteiger partial charge in [0.1, 0.15) is 0 Å². The number of benzene rings is 1. The molecule has 3 N–H and O–H groups in total. The lowest BCUT2D eigenvalue weighted by atomic mass is 9.91. The molecule has 3 rings (SSSR count). The highest BCUT2D eigenvalue weighted by Gasteiger charge is 2.23. The molecule has 0 bridgehead atoms. The van der Waals surface area contributed by atoms with E-state index in [-0.39, 0.29) is 17.6 Å². The number of anilines is 1. The lowest BCUT2D eigenvalue weighted by Gasteiger charge is -2.30. The molecule has 0 amide bonds. The number of aromatic nitrogens is 2. The molecule has 20 heavy (non-hydrogen) atoms. The molecule has 2 aromatic rings. The SMILES string of the molecule is Cn1nc(N[C@@H]2CCCC[C@H]2N)c2ccccc2c1=O. The normalized spacial score (nSPS) is 22.9. The lowest BCUT2D eigenvalue weighted by molar-refractivity contribution is 0.403. The monoisotopic (exact) mass is 272 g/mol. The Morgan fingerprint density at radius 2 is 1.95 bits per heavy atom. The molecule has 5 heteroatoms. The van der Waals surface area contributed by atoms with E-state index in [0.29, 0.717) is 5.39 Å². The molecule has 1 saturated carbocycles. The van der Waals surface area contributed by atoms with Crippen LogP contribution in [0.1, 0.15) is 25.7 Å². The van der Waals surface area contributed by atoms with Crippen molar-refractivity contribution >= 4 is 16.6 Å². The highest BCUT2D eigenvalue weighted by Crippen LogP contribution is 2.23. The van der Waals surface area contributed by atoms with Crippen LogP contribution >= 0.6 is 0 Å². The summed E-state index contributed by atoms with van der Waals surface area (Å²) in [7, 11) is 1.68. The molecule has 106 valence electrons. The van der Waals surface area contributed by atoms with E-state index in [1.165, 1.54) is 17.5 Å². The van der Waals surface area contributed by atoms with Crippen LogP contribution in [-0.2, 0) is 7.05 Å². The van der Waals surface area contributed by atoms with Gasteiger partial charge in [0, 0.05) is 24.5 Å². The minimum absolute atomic E-state index is 0.0703. The first-order chi connectivity index (χ1) is 9.66. The first kappa shape index (κ1) is 13.1. The smallest absolute Gasteiger partial charge is 0.274 e. The summed E-state index contributed by atoms with van der Waals surface area (Å²) < 4.78 is 1.39. The van der Waals surface area contributed by atoms with Crippen LogP contribution in [0.25, 0.3) is 10.8 Å². The molecular formula is C15H20N4O. The maximum atomic E-state index is 12.1. The Labute approximate surface area is 117 Å². The van der Waals surface area contributed by atoms with Crippen LogP contribution in [0.5, 0.6) is 0 Å². The van der Waals surface area contributed by atoms with E-state index < -0.39 is 0 Å². The summed E-state index contributed by atoms with van der Waals surface area (Å²) in [5.74, 6) is 0.755. The number of rotatable bonds is 2. The van der Waals surface area contributed by atoms with Crippen molar-refractivity contribution in [2.24, 2.45) is 12.8 Å². The largest absolute Gasteiger partial charge is 0.364 e. The van der Waals surface area contributed by atoms with Gasteiger partial charge in [0.25, 0.3) is 5.56 Å². The second-order valence-corrected chi connectivity index (χ2v) is 5.52. The summed E-state index contributed by atoms with van der Waals surface area (Å²) in [5, 5.41) is 9.37. The van der Waals surface area contributed by atoms with E-state index in [0.717, 1.165) is 24.0 Å². The fraction of sp³-hybridized carbons (Fsp3) is 0.467. The maximum absolute atomic E-state index is 12.1. The molecule has 0 saturated heterocycles. The molecule has 1 aliphatic carbocycles. The van der Waals surface area contributed by atoms with Gasteiger partial charge >= 0.3 is 0 Å². The number of aryl methyl sites for hydroxylation is 1. The zero-order valence-electron chi connectivity index (χ0n) is 11.7. The van der Waals surface area contributed by atoms with Gasteiger partial charge in [0.2, 0.25) is 0 Å². The van der Waals surface area contributed by atoms with Crippen LogP contribution < -0.4 is 16.6 Å². The van der Waals surface area contributed by atoms with Gasteiger partial charge in [0.05, 0.1) is 5.39 Å². The van der Waals surface area contributed by atoms with Crippen LogP contribution in [0, 0.1) is 0 Å². The van der Waals surface area contributed by atoms with E-state index in [1.807, 2.05) is 24.3 Å². The second-order valence-electron chi connectivity index (χ2n) is 5.52. The summed E-state index contributed by atoms with van der Waals surface area (Å²) in [4.78, 5) is 12.1. The van der Waals surface area contributed by atoms with Crippen LogP contribution in [-0.4, -0.2) is 21.9 Å². The zero-order valence-corrected chi connectivity index (χ0v) is 11.7. The van der Waals surface area contributed by atoms with Gasteiger partial charge in [-0.15, -0.1) is 0 Å². The Bertz CT molecular complexity index is 679. The van der Waals surface area contributed by atoms with E-state index in [1.54, 1.807) is 7.05 Å². The molecule has 0 unspecified atom stereocenters. The Balaban J connectivity index is 2.03. The molecule has 1 fully saturated rings. The van der Waals surface area contributed by atoms with Gasteiger partial charge in [0.15, 0.2) is 5.82 Å². The third-order valence-corrected chi connectivity index (χ3v) is 4.10. The molecule has 0 aliphatic heterocycles. The fourth-order valence-electron chi connectivity index (χ4n) is 2.92. The van der Waals surface area contributed by atoms with Gasteiger partial charge in [-0.05, 0) is 18.9 Å². The van der Waals surface area contributed by atoms with Crippen molar-refractivity contribution in [1.82, 2.24) is 9.78 Å². The Kier molecular flexibility index (Phi) is 3.44. The Morgan fingerprint density at radius 1 is 1.25 bits per heavy atom. The van der Waals surface area contributed by atoms with E-state index >= 15 is 0 Å². The maximum Gasteiger partial charge on any atom is 0.274 e. The molecule has 5 nitrogen and oxygen atoms in total. The number of hydrogen-bond acceptors (Lipinski definition) is 4. The van der Waals surface area contributed by atoms with Gasteiger partial charge in [-0.3, -0.25) is 4.79 Å². The second kappa shape index (κ2) is 5.25. The minimum Gasteiger partial charge on any atom is -0.364 e. The van der Waals surface area contributed by atoms with E-state index in [9.17, 15) is 4.79 Å². The number of nitrogens with zero attached hydrogens (tertiary/aromatic N) is 2. The third-order valence-electron chi connectivity index (χ3n) is 4.10. The van der Waals surface area contributed by atoms with Crippen molar-refractivity contribution in [2.45, 2.75) is 37.8 Å². The molecule has 0 radical (unpaired) electrons. The van der Waals surface area contributed by atoms with Crippen molar-refractivity contribution in [3.8, 4) is 0 Å². The minimum atomic E-state index is -0.0703. The standard InChI is InChI=1S/C15H20N4O/c1-19-15(20)11-7-3-2-6-10(11)14(18-19)17-13-9-5-4-8-12(13)16/h2-3,6-7,12-13H,4-5,8-9,16H2,1H3,(H,17,18)/t12-,13-/m1/s1. The van der Waals surface area contributed by atoms with Gasteiger partial charge in [-0.2, -0.15) is 5.10 Å². The molecule has 0 spiro atoms. The van der Waals surface area contributed by atoms with Gasteiger partial charge in [-0.25, -0.2) is 4.68 Å². The van der Waals surface area contributed by atoms with Crippen LogP contribution in [0.2, 0.25) is 0 Å². The highest BCUT2D eigenvalue weighted by atomic mass is 16.1. The van der Waals surface area contributed by atoms with Crippen LogP contribution in [0.4, 0.5) is 5.82 Å². The van der Waals surface area contributed by atoms with Gasteiger partial charge in [-0.1, -0.05) is 31.0 Å². The summed E-state index contributed by atoms with van der Waals surface area (Å²) >= 11 is 0. The molecule has 1 aromatic carbocycles. The average molecular weight is 272 g/mol. The Morgan fingerprint density at radius 3 is 2.70 bits per heavy atom. The topological polar surface area (TPSA) is 72.9 Å². The molecule has 1 aromatic heterocycles. The highest BCUT2D eigenvalue weighted by molar-refractivity contribution is 5.90. The fourth-order valence-corrected chi connectivity index (χ4v) is 2.92. The average Bonchev–Trinajstić information content (AvgIpc) is 2.47. The first-order valence-corrected chi connectivity index (χ1v) is 7.15. The predicted octanol–water partition coefficient (Wildman–Crippen LogP) is 1.62. The number of nitrogens with two attached hydrogens (primary N) is 1. The van der Waals surface area contributed by atoms with Crippen molar-refractivity contribution in [3.05, 3.63) is 34.6 Å².